The molecule has 0 aliphatic heterocycles. The van der Waals surface area contributed by atoms with E-state index in [1.54, 1.807) is 4.90 Å². The summed E-state index contributed by atoms with van der Waals surface area (Å²) < 4.78 is 0. The van der Waals surface area contributed by atoms with Gasteiger partial charge in [-0.1, -0.05) is 12.1 Å². The second-order valence-corrected chi connectivity index (χ2v) is 4.52. The van der Waals surface area contributed by atoms with Crippen LogP contribution >= 0.6 is 0 Å². The van der Waals surface area contributed by atoms with Gasteiger partial charge in [0.1, 0.15) is 0 Å². The number of carbonyl (C=O) groups is 1. The van der Waals surface area contributed by atoms with E-state index in [1.165, 1.54) is 0 Å². The van der Waals surface area contributed by atoms with Gasteiger partial charge in [-0.3, -0.25) is 9.69 Å². The normalized spacial score (nSPS) is 10.8. The van der Waals surface area contributed by atoms with Gasteiger partial charge < -0.3 is 15.5 Å². The predicted molar refractivity (Wildman–Crippen MR) is 75.2 cm³/mol. The Morgan fingerprint density at radius 1 is 1.21 bits per heavy atom. The van der Waals surface area contributed by atoms with E-state index in [2.05, 4.69) is 5.32 Å². The Morgan fingerprint density at radius 3 is 2.42 bits per heavy atom. The number of aliphatic hydroxyl groups is 2. The number of aliphatic hydroxyl groups excluding tert-OH is 2. The van der Waals surface area contributed by atoms with E-state index >= 15 is 0 Å². The Balaban J connectivity index is 2.61. The molecular formula is C14H22N2O3. The van der Waals surface area contributed by atoms with E-state index in [-0.39, 0.29) is 25.7 Å². The first-order chi connectivity index (χ1) is 9.08. The van der Waals surface area contributed by atoms with Crippen molar-refractivity contribution in [2.24, 2.45) is 0 Å². The lowest BCUT2D eigenvalue weighted by molar-refractivity contribution is -0.117. The molecule has 0 bridgehead atoms. The van der Waals surface area contributed by atoms with Gasteiger partial charge in [0.25, 0.3) is 0 Å². The Kier molecular flexibility index (Phi) is 6.49. The SMILES string of the molecule is Cc1cccc(NC(=O)CN(CCO)CCO)c1C. The molecule has 0 atom stereocenters. The van der Waals surface area contributed by atoms with Crippen LogP contribution in [0, 0.1) is 13.8 Å². The number of hydrogen-bond acceptors (Lipinski definition) is 4. The summed E-state index contributed by atoms with van der Waals surface area (Å²) >= 11 is 0. The van der Waals surface area contributed by atoms with Crippen molar-refractivity contribution in [2.75, 3.05) is 38.2 Å². The number of amides is 1. The summed E-state index contributed by atoms with van der Waals surface area (Å²) in [4.78, 5) is 13.6. The molecule has 106 valence electrons. The van der Waals surface area contributed by atoms with Gasteiger partial charge in [0, 0.05) is 18.8 Å². The molecule has 0 heterocycles. The van der Waals surface area contributed by atoms with Gasteiger partial charge in [-0.05, 0) is 31.0 Å². The van der Waals surface area contributed by atoms with Gasteiger partial charge in [-0.15, -0.1) is 0 Å². The molecule has 0 saturated heterocycles. The third kappa shape index (κ3) is 4.98. The summed E-state index contributed by atoms with van der Waals surface area (Å²) in [5, 5.41) is 20.6. The number of hydrogen-bond donors (Lipinski definition) is 3. The van der Waals surface area contributed by atoms with E-state index < -0.39 is 0 Å². The quantitative estimate of drug-likeness (QED) is 0.673. The Morgan fingerprint density at radius 2 is 1.84 bits per heavy atom. The smallest absolute Gasteiger partial charge is 0.238 e. The molecular weight excluding hydrogens is 244 g/mol. The van der Waals surface area contributed by atoms with Crippen LogP contribution in [0.1, 0.15) is 11.1 Å². The number of rotatable bonds is 7. The molecule has 0 aliphatic carbocycles. The van der Waals surface area contributed by atoms with Gasteiger partial charge in [0.15, 0.2) is 0 Å². The molecule has 5 heteroatoms. The molecule has 1 rings (SSSR count). The zero-order valence-electron chi connectivity index (χ0n) is 11.5. The lowest BCUT2D eigenvalue weighted by Gasteiger charge is -2.20. The number of nitrogens with one attached hydrogen (secondary N) is 1. The van der Waals surface area contributed by atoms with Crippen molar-refractivity contribution in [3.05, 3.63) is 29.3 Å². The van der Waals surface area contributed by atoms with Crippen LogP contribution in [0.3, 0.4) is 0 Å². The molecule has 0 unspecified atom stereocenters. The van der Waals surface area contributed by atoms with Crippen LogP contribution in [0.5, 0.6) is 0 Å². The zero-order chi connectivity index (χ0) is 14.3. The zero-order valence-corrected chi connectivity index (χ0v) is 11.5. The Labute approximate surface area is 113 Å². The maximum Gasteiger partial charge on any atom is 0.238 e. The molecule has 3 N–H and O–H groups in total. The predicted octanol–water partition coefficient (Wildman–Crippen LogP) is 0.529. The highest BCUT2D eigenvalue weighted by atomic mass is 16.3. The fourth-order valence-electron chi connectivity index (χ4n) is 1.83. The van der Waals surface area contributed by atoms with Crippen LogP contribution in [-0.4, -0.2) is 53.9 Å². The number of nitrogens with zero attached hydrogens (tertiary/aromatic N) is 1. The first-order valence-corrected chi connectivity index (χ1v) is 6.38. The summed E-state index contributed by atoms with van der Waals surface area (Å²) in [6.45, 7) is 4.81. The van der Waals surface area contributed by atoms with Crippen LogP contribution in [0.4, 0.5) is 5.69 Å². The van der Waals surface area contributed by atoms with Gasteiger partial charge in [0.05, 0.1) is 19.8 Å². The summed E-state index contributed by atoms with van der Waals surface area (Å²) in [6, 6.07) is 5.76. The van der Waals surface area contributed by atoms with Gasteiger partial charge in [-0.2, -0.15) is 0 Å². The van der Waals surface area contributed by atoms with E-state index in [4.69, 9.17) is 10.2 Å². The van der Waals surface area contributed by atoms with Crippen LogP contribution in [0.15, 0.2) is 18.2 Å². The number of benzene rings is 1. The highest BCUT2D eigenvalue weighted by Crippen LogP contribution is 2.17. The van der Waals surface area contributed by atoms with Crippen LogP contribution in [0.2, 0.25) is 0 Å². The van der Waals surface area contributed by atoms with Gasteiger partial charge >= 0.3 is 0 Å². The molecule has 1 aromatic carbocycles. The summed E-state index contributed by atoms with van der Waals surface area (Å²) in [5.74, 6) is -0.143. The summed E-state index contributed by atoms with van der Waals surface area (Å²) in [5.41, 5.74) is 2.98. The number of carbonyl (C=O) groups excluding carboxylic acids is 1. The number of aryl methyl sites for hydroxylation is 1. The third-order valence-electron chi connectivity index (χ3n) is 3.08. The largest absolute Gasteiger partial charge is 0.395 e. The molecule has 0 aromatic heterocycles. The summed E-state index contributed by atoms with van der Waals surface area (Å²) in [6.07, 6.45) is 0. The minimum absolute atomic E-state index is 0.0310. The minimum atomic E-state index is -0.143. The van der Waals surface area contributed by atoms with Crippen molar-refractivity contribution in [3.63, 3.8) is 0 Å². The topological polar surface area (TPSA) is 72.8 Å². The Bertz CT molecular complexity index is 415. The molecule has 0 radical (unpaired) electrons. The van der Waals surface area contributed by atoms with Crippen LogP contribution in [-0.2, 0) is 4.79 Å². The third-order valence-corrected chi connectivity index (χ3v) is 3.08. The Hall–Kier alpha value is -1.43. The van der Waals surface area contributed by atoms with E-state index in [9.17, 15) is 4.79 Å². The van der Waals surface area contributed by atoms with Crippen LogP contribution < -0.4 is 5.32 Å². The molecule has 5 nitrogen and oxygen atoms in total. The van der Waals surface area contributed by atoms with E-state index in [0.29, 0.717) is 13.1 Å². The average Bonchev–Trinajstić information content (AvgIpc) is 2.35. The fraction of sp³-hybridized carbons (Fsp3) is 0.500. The highest BCUT2D eigenvalue weighted by molar-refractivity contribution is 5.93. The molecule has 19 heavy (non-hydrogen) atoms. The standard InChI is InChI=1S/C14H22N2O3/c1-11-4-3-5-13(12(11)2)15-14(19)10-16(6-8-17)7-9-18/h3-5,17-18H,6-10H2,1-2H3,(H,15,19). The summed E-state index contributed by atoms with van der Waals surface area (Å²) in [7, 11) is 0. The average molecular weight is 266 g/mol. The first-order valence-electron chi connectivity index (χ1n) is 6.38. The monoisotopic (exact) mass is 266 g/mol. The molecule has 0 saturated carbocycles. The number of anilines is 1. The van der Waals surface area contributed by atoms with Crippen molar-refractivity contribution in [1.82, 2.24) is 4.90 Å². The second-order valence-electron chi connectivity index (χ2n) is 4.52. The fourth-order valence-corrected chi connectivity index (χ4v) is 1.83. The van der Waals surface area contributed by atoms with Crippen molar-refractivity contribution >= 4 is 11.6 Å². The lowest BCUT2D eigenvalue weighted by atomic mass is 10.1. The van der Waals surface area contributed by atoms with Gasteiger partial charge in [-0.25, -0.2) is 0 Å². The van der Waals surface area contributed by atoms with Crippen molar-refractivity contribution in [3.8, 4) is 0 Å². The van der Waals surface area contributed by atoms with Crippen molar-refractivity contribution < 1.29 is 15.0 Å². The first kappa shape index (κ1) is 15.6. The molecule has 0 fully saturated rings. The van der Waals surface area contributed by atoms with Crippen LogP contribution in [0.25, 0.3) is 0 Å². The molecule has 0 aliphatic rings. The van der Waals surface area contributed by atoms with E-state index in [0.717, 1.165) is 16.8 Å². The van der Waals surface area contributed by atoms with Crippen molar-refractivity contribution in [1.29, 1.82) is 0 Å². The molecule has 0 spiro atoms. The highest BCUT2D eigenvalue weighted by Gasteiger charge is 2.11. The maximum absolute atomic E-state index is 11.9. The molecule has 1 amide bonds. The van der Waals surface area contributed by atoms with Gasteiger partial charge in [0.2, 0.25) is 5.91 Å². The van der Waals surface area contributed by atoms with E-state index in [1.807, 2.05) is 32.0 Å². The minimum Gasteiger partial charge on any atom is -0.395 e. The lowest BCUT2D eigenvalue weighted by Crippen LogP contribution is -2.37. The maximum atomic E-state index is 11.9. The van der Waals surface area contributed by atoms with Crippen molar-refractivity contribution in [2.45, 2.75) is 13.8 Å². The second kappa shape index (κ2) is 7.89. The molecule has 1 aromatic rings.